The van der Waals surface area contributed by atoms with Crippen molar-refractivity contribution in [3.8, 4) is 0 Å². The second kappa shape index (κ2) is 3.95. The van der Waals surface area contributed by atoms with Gasteiger partial charge in [0.2, 0.25) is 11.9 Å². The first-order valence-electron chi connectivity index (χ1n) is 5.36. The van der Waals surface area contributed by atoms with E-state index in [9.17, 15) is 4.79 Å². The van der Waals surface area contributed by atoms with E-state index in [2.05, 4.69) is 20.4 Å². The Hall–Kier alpha value is -2.70. The molecule has 0 saturated heterocycles. The van der Waals surface area contributed by atoms with Crippen LogP contribution in [0.1, 0.15) is 0 Å². The molecule has 1 amide bonds. The number of carbonyl (C=O) groups excluding carboxylic acids is 1. The predicted molar refractivity (Wildman–Crippen MR) is 66.0 cm³/mol. The van der Waals surface area contributed by atoms with Crippen molar-refractivity contribution in [1.82, 2.24) is 19.6 Å². The molecule has 7 nitrogen and oxygen atoms in total. The SMILES string of the molecule is NC(=O)CNc1nc2ccccc2c2ncnn12. The lowest BCUT2D eigenvalue weighted by atomic mass is 10.2. The maximum Gasteiger partial charge on any atom is 0.236 e. The van der Waals surface area contributed by atoms with E-state index in [0.29, 0.717) is 11.6 Å². The normalized spacial score (nSPS) is 10.9. The zero-order valence-electron chi connectivity index (χ0n) is 9.37. The monoisotopic (exact) mass is 242 g/mol. The molecular weight excluding hydrogens is 232 g/mol. The van der Waals surface area contributed by atoms with Crippen molar-refractivity contribution in [2.45, 2.75) is 0 Å². The average Bonchev–Trinajstić information content (AvgIpc) is 2.85. The second-order valence-electron chi connectivity index (χ2n) is 3.77. The minimum Gasteiger partial charge on any atom is -0.368 e. The largest absolute Gasteiger partial charge is 0.368 e. The summed E-state index contributed by atoms with van der Waals surface area (Å²) < 4.78 is 1.55. The maximum absolute atomic E-state index is 10.8. The number of fused-ring (bicyclic) bond motifs is 3. The summed E-state index contributed by atoms with van der Waals surface area (Å²) in [6, 6.07) is 7.60. The number of nitrogens with zero attached hydrogens (tertiary/aromatic N) is 4. The van der Waals surface area contributed by atoms with E-state index < -0.39 is 5.91 Å². The number of hydrogen-bond acceptors (Lipinski definition) is 5. The zero-order valence-corrected chi connectivity index (χ0v) is 9.37. The van der Waals surface area contributed by atoms with E-state index in [1.807, 2.05) is 24.3 Å². The van der Waals surface area contributed by atoms with E-state index in [0.717, 1.165) is 10.9 Å². The fourth-order valence-electron chi connectivity index (χ4n) is 1.78. The van der Waals surface area contributed by atoms with Crippen molar-refractivity contribution in [1.29, 1.82) is 0 Å². The summed E-state index contributed by atoms with van der Waals surface area (Å²) in [5.74, 6) is -0.0155. The number of benzene rings is 1. The first-order valence-corrected chi connectivity index (χ1v) is 5.36. The summed E-state index contributed by atoms with van der Waals surface area (Å²) in [6.45, 7) is 0.000298. The Bertz CT molecular complexity index is 735. The van der Waals surface area contributed by atoms with E-state index >= 15 is 0 Å². The van der Waals surface area contributed by atoms with Crippen LogP contribution in [0.2, 0.25) is 0 Å². The Morgan fingerprint density at radius 1 is 1.39 bits per heavy atom. The molecule has 2 aromatic heterocycles. The minimum atomic E-state index is -0.460. The molecular formula is C11H10N6O. The topological polar surface area (TPSA) is 98.2 Å². The lowest BCUT2D eigenvalue weighted by Crippen LogP contribution is -2.23. The van der Waals surface area contributed by atoms with Crippen molar-refractivity contribution in [2.75, 3.05) is 11.9 Å². The van der Waals surface area contributed by atoms with Crippen molar-refractivity contribution in [3.63, 3.8) is 0 Å². The average molecular weight is 242 g/mol. The molecule has 2 heterocycles. The van der Waals surface area contributed by atoms with E-state index in [1.165, 1.54) is 6.33 Å². The van der Waals surface area contributed by atoms with Crippen molar-refractivity contribution in [3.05, 3.63) is 30.6 Å². The van der Waals surface area contributed by atoms with Gasteiger partial charge in [0.15, 0.2) is 5.65 Å². The Morgan fingerprint density at radius 2 is 2.22 bits per heavy atom. The molecule has 1 aromatic carbocycles. The number of amides is 1. The summed E-state index contributed by atoms with van der Waals surface area (Å²) in [7, 11) is 0. The fourth-order valence-corrected chi connectivity index (χ4v) is 1.78. The summed E-state index contributed by atoms with van der Waals surface area (Å²) in [5, 5.41) is 7.82. The summed E-state index contributed by atoms with van der Waals surface area (Å²) >= 11 is 0. The molecule has 3 aromatic rings. The maximum atomic E-state index is 10.8. The number of hydrogen-bond donors (Lipinski definition) is 2. The molecule has 0 atom stereocenters. The van der Waals surface area contributed by atoms with Gasteiger partial charge < -0.3 is 11.1 Å². The molecule has 0 unspecified atom stereocenters. The van der Waals surface area contributed by atoms with Gasteiger partial charge in [-0.25, -0.2) is 9.97 Å². The molecule has 3 rings (SSSR count). The highest BCUT2D eigenvalue weighted by Crippen LogP contribution is 2.19. The van der Waals surface area contributed by atoms with Gasteiger partial charge in [-0.15, -0.1) is 0 Å². The van der Waals surface area contributed by atoms with Gasteiger partial charge >= 0.3 is 0 Å². The predicted octanol–water partition coefficient (Wildman–Crippen LogP) is 0.175. The van der Waals surface area contributed by atoms with Gasteiger partial charge in [0.1, 0.15) is 6.33 Å². The van der Waals surface area contributed by atoms with Crippen LogP contribution in [0.5, 0.6) is 0 Å². The number of rotatable bonds is 3. The molecule has 90 valence electrons. The molecule has 7 heteroatoms. The van der Waals surface area contributed by atoms with E-state index in [1.54, 1.807) is 4.52 Å². The van der Waals surface area contributed by atoms with Crippen LogP contribution < -0.4 is 11.1 Å². The smallest absolute Gasteiger partial charge is 0.236 e. The van der Waals surface area contributed by atoms with Crippen LogP contribution in [-0.4, -0.2) is 32.0 Å². The number of nitrogens with two attached hydrogens (primary N) is 1. The third-order valence-corrected chi connectivity index (χ3v) is 2.54. The lowest BCUT2D eigenvalue weighted by molar-refractivity contribution is -0.116. The molecule has 0 saturated carbocycles. The summed E-state index contributed by atoms with van der Waals surface area (Å²) in [5.41, 5.74) is 6.57. The van der Waals surface area contributed by atoms with Gasteiger partial charge in [-0.3, -0.25) is 4.79 Å². The number of anilines is 1. The third-order valence-electron chi connectivity index (χ3n) is 2.54. The first kappa shape index (κ1) is 10.5. The Kier molecular flexibility index (Phi) is 2.30. The van der Waals surface area contributed by atoms with Crippen LogP contribution in [0.15, 0.2) is 30.6 Å². The van der Waals surface area contributed by atoms with E-state index in [-0.39, 0.29) is 6.54 Å². The number of primary amides is 1. The molecule has 3 N–H and O–H groups in total. The van der Waals surface area contributed by atoms with Crippen molar-refractivity contribution in [2.24, 2.45) is 5.73 Å². The van der Waals surface area contributed by atoms with Gasteiger partial charge in [-0.05, 0) is 12.1 Å². The van der Waals surface area contributed by atoms with Crippen molar-refractivity contribution < 1.29 is 4.79 Å². The van der Waals surface area contributed by atoms with Gasteiger partial charge in [0.05, 0.1) is 12.1 Å². The number of aromatic nitrogens is 4. The highest BCUT2D eigenvalue weighted by molar-refractivity contribution is 5.92. The summed E-state index contributed by atoms with van der Waals surface area (Å²) in [6.07, 6.45) is 1.44. The Labute approximate surface area is 102 Å². The molecule has 0 aliphatic heterocycles. The third kappa shape index (κ3) is 1.61. The fraction of sp³-hybridized carbons (Fsp3) is 0.0909. The van der Waals surface area contributed by atoms with Gasteiger partial charge in [0.25, 0.3) is 0 Å². The molecule has 0 bridgehead atoms. The minimum absolute atomic E-state index is 0.000298. The van der Waals surface area contributed by atoms with Crippen LogP contribution >= 0.6 is 0 Å². The van der Waals surface area contributed by atoms with Crippen LogP contribution in [-0.2, 0) is 4.79 Å². The number of nitrogens with one attached hydrogen (secondary N) is 1. The quantitative estimate of drug-likeness (QED) is 0.682. The summed E-state index contributed by atoms with van der Waals surface area (Å²) in [4.78, 5) is 19.4. The zero-order chi connectivity index (χ0) is 12.5. The van der Waals surface area contributed by atoms with Crippen molar-refractivity contribution >= 4 is 28.4 Å². The van der Waals surface area contributed by atoms with Gasteiger partial charge in [-0.1, -0.05) is 12.1 Å². The Balaban J connectivity index is 2.22. The molecule has 0 aliphatic carbocycles. The standard InChI is InChI=1S/C11H10N6O/c12-9(18)5-13-11-16-8-4-2-1-3-7(8)10-14-6-15-17(10)11/h1-4,6H,5H2,(H2,12,18)(H,13,16). The molecule has 0 aliphatic rings. The van der Waals surface area contributed by atoms with Crippen LogP contribution in [0, 0.1) is 0 Å². The number of carbonyl (C=O) groups is 1. The molecule has 0 spiro atoms. The van der Waals surface area contributed by atoms with E-state index in [4.69, 9.17) is 5.73 Å². The van der Waals surface area contributed by atoms with Gasteiger partial charge in [0, 0.05) is 5.39 Å². The molecule has 0 fully saturated rings. The van der Waals surface area contributed by atoms with Crippen LogP contribution in [0.25, 0.3) is 16.6 Å². The second-order valence-corrected chi connectivity index (χ2v) is 3.77. The highest BCUT2D eigenvalue weighted by atomic mass is 16.1. The molecule has 0 radical (unpaired) electrons. The van der Waals surface area contributed by atoms with Crippen LogP contribution in [0.3, 0.4) is 0 Å². The lowest BCUT2D eigenvalue weighted by Gasteiger charge is -2.07. The molecule has 18 heavy (non-hydrogen) atoms. The first-order chi connectivity index (χ1) is 8.75. The Morgan fingerprint density at radius 3 is 3.06 bits per heavy atom. The number of para-hydroxylation sites is 1. The van der Waals surface area contributed by atoms with Crippen LogP contribution in [0.4, 0.5) is 5.95 Å². The highest BCUT2D eigenvalue weighted by Gasteiger charge is 2.09. The van der Waals surface area contributed by atoms with Gasteiger partial charge in [-0.2, -0.15) is 9.61 Å².